The number of nitrogens with zero attached hydrogens (tertiary/aromatic N) is 3. The molecule has 7 heteroatoms. The monoisotopic (exact) mass is 393 g/mol. The molecule has 1 aliphatic heterocycles. The molecule has 0 radical (unpaired) electrons. The number of sulfonamides is 1. The molecular weight excluding hydrogens is 366 g/mol. The predicted molar refractivity (Wildman–Crippen MR) is 109 cm³/mol. The van der Waals surface area contributed by atoms with Gasteiger partial charge >= 0.3 is 0 Å². The van der Waals surface area contributed by atoms with Gasteiger partial charge in [0.15, 0.2) is 5.13 Å². The number of anilines is 1. The molecule has 1 aliphatic carbocycles. The van der Waals surface area contributed by atoms with Gasteiger partial charge in [-0.3, -0.25) is 0 Å². The van der Waals surface area contributed by atoms with Crippen LogP contribution in [0.4, 0.5) is 5.13 Å². The molecule has 2 fully saturated rings. The third-order valence-corrected chi connectivity index (χ3v) is 8.99. The standard InChI is InChI=1S/C19H27N3O2S2/c1-13-10-14(2)18-17(11-13)25-19(20-18)22-8-6-15(7-9-22)12-21(3)26(23,24)16-4-5-16/h10-11,15-16H,4-9,12H2,1-3H3. The lowest BCUT2D eigenvalue weighted by Crippen LogP contribution is -2.40. The fourth-order valence-electron chi connectivity index (χ4n) is 3.89. The Morgan fingerprint density at radius 2 is 1.88 bits per heavy atom. The highest BCUT2D eigenvalue weighted by Crippen LogP contribution is 2.35. The number of hydrogen-bond donors (Lipinski definition) is 0. The highest BCUT2D eigenvalue weighted by molar-refractivity contribution is 7.90. The van der Waals surface area contributed by atoms with Crippen molar-refractivity contribution in [1.29, 1.82) is 0 Å². The van der Waals surface area contributed by atoms with Gasteiger partial charge in [-0.05, 0) is 62.6 Å². The summed E-state index contributed by atoms with van der Waals surface area (Å²) in [4.78, 5) is 7.24. The zero-order chi connectivity index (χ0) is 18.5. The molecule has 0 spiro atoms. The molecule has 5 nitrogen and oxygen atoms in total. The molecule has 0 bridgehead atoms. The molecule has 4 rings (SSSR count). The maximum absolute atomic E-state index is 12.3. The van der Waals surface area contributed by atoms with Crippen LogP contribution in [0.5, 0.6) is 0 Å². The van der Waals surface area contributed by atoms with Gasteiger partial charge in [0.05, 0.1) is 15.5 Å². The molecule has 1 saturated carbocycles. The second-order valence-electron chi connectivity index (χ2n) is 7.88. The minimum absolute atomic E-state index is 0.109. The van der Waals surface area contributed by atoms with Crippen LogP contribution in [0.2, 0.25) is 0 Å². The van der Waals surface area contributed by atoms with Gasteiger partial charge in [0.25, 0.3) is 0 Å². The summed E-state index contributed by atoms with van der Waals surface area (Å²) >= 11 is 1.77. The summed E-state index contributed by atoms with van der Waals surface area (Å²) in [5.41, 5.74) is 3.64. The van der Waals surface area contributed by atoms with Gasteiger partial charge in [-0.2, -0.15) is 0 Å². The van der Waals surface area contributed by atoms with E-state index in [0.29, 0.717) is 12.5 Å². The highest BCUT2D eigenvalue weighted by atomic mass is 32.2. The molecule has 2 aromatic rings. The third-order valence-electron chi connectivity index (χ3n) is 5.60. The van der Waals surface area contributed by atoms with Crippen molar-refractivity contribution in [3.63, 3.8) is 0 Å². The molecular formula is C19H27N3O2S2. The summed E-state index contributed by atoms with van der Waals surface area (Å²) in [5.74, 6) is 0.447. The number of thiazole rings is 1. The van der Waals surface area contributed by atoms with Crippen molar-refractivity contribution in [2.75, 3.05) is 31.6 Å². The van der Waals surface area contributed by atoms with Gasteiger partial charge in [-0.25, -0.2) is 17.7 Å². The Morgan fingerprint density at radius 1 is 1.19 bits per heavy atom. The fraction of sp³-hybridized carbons (Fsp3) is 0.632. The highest BCUT2D eigenvalue weighted by Gasteiger charge is 2.39. The van der Waals surface area contributed by atoms with Gasteiger partial charge in [0, 0.05) is 26.7 Å². The summed E-state index contributed by atoms with van der Waals surface area (Å²) < 4.78 is 27.5. The van der Waals surface area contributed by atoms with Gasteiger partial charge < -0.3 is 4.90 Å². The number of fused-ring (bicyclic) bond motifs is 1. The van der Waals surface area contributed by atoms with E-state index < -0.39 is 10.0 Å². The van der Waals surface area contributed by atoms with Gasteiger partial charge in [0.2, 0.25) is 10.0 Å². The van der Waals surface area contributed by atoms with Gasteiger partial charge in [0.1, 0.15) is 0 Å². The maximum atomic E-state index is 12.3. The number of hydrogen-bond acceptors (Lipinski definition) is 5. The second kappa shape index (κ2) is 6.77. The first-order valence-corrected chi connectivity index (χ1v) is 11.7. The molecule has 0 amide bonds. The first kappa shape index (κ1) is 18.2. The minimum Gasteiger partial charge on any atom is -0.348 e. The van der Waals surface area contributed by atoms with Crippen LogP contribution in [0.3, 0.4) is 0 Å². The van der Waals surface area contributed by atoms with Crippen molar-refractivity contribution in [3.05, 3.63) is 23.3 Å². The topological polar surface area (TPSA) is 53.5 Å². The summed E-state index contributed by atoms with van der Waals surface area (Å²) in [6, 6.07) is 4.40. The van der Waals surface area contributed by atoms with Crippen molar-refractivity contribution in [2.24, 2.45) is 5.92 Å². The lowest BCUT2D eigenvalue weighted by atomic mass is 9.97. The number of rotatable bonds is 5. The number of aromatic nitrogens is 1. The molecule has 26 heavy (non-hydrogen) atoms. The minimum atomic E-state index is -3.05. The van der Waals surface area contributed by atoms with Crippen molar-refractivity contribution >= 4 is 36.7 Å². The van der Waals surface area contributed by atoms with Crippen molar-refractivity contribution in [1.82, 2.24) is 9.29 Å². The summed E-state index contributed by atoms with van der Waals surface area (Å²) in [7, 11) is -1.30. The first-order valence-electron chi connectivity index (χ1n) is 9.42. The Hall–Kier alpha value is -1.18. The Labute approximate surface area is 160 Å². The van der Waals surface area contributed by atoms with E-state index in [9.17, 15) is 8.42 Å². The first-order chi connectivity index (χ1) is 12.3. The van der Waals surface area contributed by atoms with Crippen LogP contribution in [0.1, 0.15) is 36.8 Å². The lowest BCUT2D eigenvalue weighted by Gasteiger charge is -2.33. The Morgan fingerprint density at radius 3 is 2.54 bits per heavy atom. The average Bonchev–Trinajstić information content (AvgIpc) is 3.36. The molecule has 2 heterocycles. The van der Waals surface area contributed by atoms with E-state index in [-0.39, 0.29) is 5.25 Å². The molecule has 0 atom stereocenters. The Kier molecular flexibility index (Phi) is 4.73. The third kappa shape index (κ3) is 3.49. The van der Waals surface area contributed by atoms with Crippen molar-refractivity contribution in [3.8, 4) is 0 Å². The van der Waals surface area contributed by atoms with E-state index in [1.807, 2.05) is 0 Å². The summed E-state index contributed by atoms with van der Waals surface area (Å²) in [6.45, 7) is 6.83. The van der Waals surface area contributed by atoms with Crippen LogP contribution >= 0.6 is 11.3 Å². The smallest absolute Gasteiger partial charge is 0.216 e. The fourth-order valence-corrected chi connectivity index (χ4v) is 6.74. The summed E-state index contributed by atoms with van der Waals surface area (Å²) in [5, 5.41) is 0.994. The lowest BCUT2D eigenvalue weighted by molar-refractivity contribution is 0.327. The van der Waals surface area contributed by atoms with Gasteiger partial charge in [-0.15, -0.1) is 0 Å². The van der Waals surface area contributed by atoms with E-state index >= 15 is 0 Å². The number of piperidine rings is 1. The van der Waals surface area contributed by atoms with E-state index in [1.165, 1.54) is 15.8 Å². The maximum Gasteiger partial charge on any atom is 0.216 e. The molecule has 142 valence electrons. The zero-order valence-corrected chi connectivity index (χ0v) is 17.4. The quantitative estimate of drug-likeness (QED) is 0.779. The van der Waals surface area contributed by atoms with Crippen LogP contribution < -0.4 is 4.90 Å². The molecule has 0 unspecified atom stereocenters. The zero-order valence-electron chi connectivity index (χ0n) is 15.7. The molecule has 2 aliphatic rings. The normalized spacial score (nSPS) is 19.6. The number of benzene rings is 1. The van der Waals surface area contributed by atoms with E-state index in [4.69, 9.17) is 4.98 Å². The van der Waals surface area contributed by atoms with Crippen LogP contribution in [-0.2, 0) is 10.0 Å². The average molecular weight is 394 g/mol. The van der Waals surface area contributed by atoms with Crippen molar-refractivity contribution in [2.45, 2.75) is 44.8 Å². The van der Waals surface area contributed by atoms with Gasteiger partial charge in [-0.1, -0.05) is 17.4 Å². The van der Waals surface area contributed by atoms with E-state index in [1.54, 1.807) is 22.7 Å². The van der Waals surface area contributed by atoms with E-state index in [0.717, 1.165) is 49.4 Å². The van der Waals surface area contributed by atoms with Crippen LogP contribution in [0.25, 0.3) is 10.2 Å². The van der Waals surface area contributed by atoms with Crippen molar-refractivity contribution < 1.29 is 8.42 Å². The molecule has 0 N–H and O–H groups in total. The van der Waals surface area contributed by atoms with Crippen LogP contribution in [0.15, 0.2) is 12.1 Å². The molecule has 1 aromatic heterocycles. The Bertz CT molecular complexity index is 910. The van der Waals surface area contributed by atoms with Crippen LogP contribution in [0, 0.1) is 19.8 Å². The number of aryl methyl sites for hydroxylation is 2. The second-order valence-corrected chi connectivity index (χ2v) is 11.2. The largest absolute Gasteiger partial charge is 0.348 e. The molecule has 1 aromatic carbocycles. The molecule has 1 saturated heterocycles. The Balaban J connectivity index is 1.40. The van der Waals surface area contributed by atoms with E-state index in [2.05, 4.69) is 30.9 Å². The predicted octanol–water partition coefficient (Wildman–Crippen LogP) is 3.55. The SMILES string of the molecule is Cc1cc(C)c2nc(N3CCC(CN(C)S(=O)(=O)C4CC4)CC3)sc2c1. The van der Waals surface area contributed by atoms with Crippen LogP contribution in [-0.4, -0.2) is 49.6 Å². The summed E-state index contributed by atoms with van der Waals surface area (Å²) in [6.07, 6.45) is 3.72.